The van der Waals surface area contributed by atoms with Crippen LogP contribution in [-0.2, 0) is 0 Å². The molecule has 3 rings (SSSR count). The van der Waals surface area contributed by atoms with E-state index in [1.807, 2.05) is 19.0 Å². The zero-order valence-corrected chi connectivity index (χ0v) is 15.5. The maximum absolute atomic E-state index is 13.9. The molecule has 0 aliphatic heterocycles. The molecule has 0 N–H and O–H groups in total. The number of carbonyl (C=O) groups is 1. The largest absolute Gasteiger partial charge is 0.308 e. The molecule has 0 bridgehead atoms. The van der Waals surface area contributed by atoms with Crippen LogP contribution in [0.1, 0.15) is 9.67 Å². The molecule has 24 heavy (non-hydrogen) atoms. The number of amides is 1. The summed E-state index contributed by atoms with van der Waals surface area (Å²) in [6, 6.07) is 8.21. The molecule has 0 aliphatic carbocycles. The second-order valence-corrected chi connectivity index (χ2v) is 8.17. The van der Waals surface area contributed by atoms with E-state index in [9.17, 15) is 9.18 Å². The van der Waals surface area contributed by atoms with Crippen molar-refractivity contribution < 1.29 is 9.18 Å². The van der Waals surface area contributed by atoms with Gasteiger partial charge in [-0.05, 0) is 38.4 Å². The normalized spacial score (nSPS) is 11.4. The lowest BCUT2D eigenvalue weighted by Gasteiger charge is -2.21. The number of nitrogens with zero attached hydrogens (tertiary/aromatic N) is 3. The van der Waals surface area contributed by atoms with Crippen molar-refractivity contribution in [3.8, 4) is 0 Å². The first-order valence-electron chi connectivity index (χ1n) is 7.22. The Morgan fingerprint density at radius 2 is 2.00 bits per heavy atom. The maximum Gasteiger partial charge on any atom is 0.270 e. The van der Waals surface area contributed by atoms with Gasteiger partial charge in [-0.15, -0.1) is 11.3 Å². The molecule has 0 spiro atoms. The van der Waals surface area contributed by atoms with Crippen LogP contribution in [0.2, 0.25) is 4.34 Å². The van der Waals surface area contributed by atoms with Gasteiger partial charge >= 0.3 is 0 Å². The van der Waals surface area contributed by atoms with Crippen LogP contribution in [0.15, 0.2) is 30.3 Å². The second kappa shape index (κ2) is 7.14. The molecule has 2 aromatic heterocycles. The monoisotopic (exact) mass is 383 g/mol. The van der Waals surface area contributed by atoms with Crippen molar-refractivity contribution in [2.45, 2.75) is 0 Å². The van der Waals surface area contributed by atoms with E-state index in [1.54, 1.807) is 29.2 Å². The van der Waals surface area contributed by atoms with Crippen LogP contribution in [0.3, 0.4) is 0 Å². The van der Waals surface area contributed by atoms with E-state index in [-0.39, 0.29) is 11.7 Å². The van der Waals surface area contributed by atoms with E-state index < -0.39 is 0 Å². The van der Waals surface area contributed by atoms with Crippen LogP contribution in [0.5, 0.6) is 0 Å². The Labute approximate surface area is 152 Å². The number of thiazole rings is 1. The van der Waals surface area contributed by atoms with Gasteiger partial charge in [-0.3, -0.25) is 9.69 Å². The van der Waals surface area contributed by atoms with Crippen molar-refractivity contribution >= 4 is 55.5 Å². The SMILES string of the molecule is CN(C)CCN(C(=O)c1ccc(Cl)s1)c1nc2c(F)cccc2s1. The van der Waals surface area contributed by atoms with Gasteiger partial charge in [0.25, 0.3) is 5.91 Å². The average molecular weight is 384 g/mol. The molecule has 2 heterocycles. The minimum atomic E-state index is -0.380. The van der Waals surface area contributed by atoms with Gasteiger partial charge in [-0.25, -0.2) is 9.37 Å². The Kier molecular flexibility index (Phi) is 5.15. The van der Waals surface area contributed by atoms with Gasteiger partial charge in [0.05, 0.1) is 13.9 Å². The van der Waals surface area contributed by atoms with E-state index in [0.717, 1.165) is 4.70 Å². The summed E-state index contributed by atoms with van der Waals surface area (Å²) in [6.07, 6.45) is 0. The molecule has 0 aliphatic rings. The van der Waals surface area contributed by atoms with Crippen molar-refractivity contribution in [3.05, 3.63) is 45.4 Å². The predicted octanol–water partition coefficient (Wildman–Crippen LogP) is 4.36. The number of fused-ring (bicyclic) bond motifs is 1. The van der Waals surface area contributed by atoms with Gasteiger partial charge in [0.1, 0.15) is 11.3 Å². The number of halogens is 2. The van der Waals surface area contributed by atoms with Gasteiger partial charge in [0.2, 0.25) is 0 Å². The molecule has 8 heteroatoms. The number of carbonyl (C=O) groups excluding carboxylic acids is 1. The Morgan fingerprint density at radius 3 is 2.62 bits per heavy atom. The molecular formula is C16H15ClFN3OS2. The molecule has 0 fully saturated rings. The summed E-state index contributed by atoms with van der Waals surface area (Å²) in [4.78, 5) is 21.3. The van der Waals surface area contributed by atoms with Gasteiger partial charge in [0, 0.05) is 13.1 Å². The molecule has 0 saturated heterocycles. The van der Waals surface area contributed by atoms with Crippen molar-refractivity contribution in [3.63, 3.8) is 0 Å². The van der Waals surface area contributed by atoms with Crippen LogP contribution in [-0.4, -0.2) is 43.0 Å². The van der Waals surface area contributed by atoms with Crippen LogP contribution in [0, 0.1) is 5.82 Å². The fourth-order valence-electron chi connectivity index (χ4n) is 2.16. The zero-order valence-electron chi connectivity index (χ0n) is 13.1. The molecule has 3 aromatic rings. The van der Waals surface area contributed by atoms with Gasteiger partial charge in [-0.2, -0.15) is 0 Å². The summed E-state index contributed by atoms with van der Waals surface area (Å²) >= 11 is 8.48. The van der Waals surface area contributed by atoms with Crippen LogP contribution in [0.25, 0.3) is 10.2 Å². The number of benzene rings is 1. The van der Waals surface area contributed by atoms with Crippen molar-refractivity contribution in [2.24, 2.45) is 0 Å². The van der Waals surface area contributed by atoms with Crippen molar-refractivity contribution in [1.29, 1.82) is 0 Å². The Hall–Kier alpha value is -1.54. The highest BCUT2D eigenvalue weighted by atomic mass is 35.5. The molecule has 0 atom stereocenters. The van der Waals surface area contributed by atoms with Crippen molar-refractivity contribution in [1.82, 2.24) is 9.88 Å². The van der Waals surface area contributed by atoms with E-state index in [1.165, 1.54) is 28.7 Å². The summed E-state index contributed by atoms with van der Waals surface area (Å²) < 4.78 is 15.2. The molecule has 4 nitrogen and oxygen atoms in total. The van der Waals surface area contributed by atoms with Crippen LogP contribution in [0.4, 0.5) is 9.52 Å². The molecule has 1 aromatic carbocycles. The third-order valence-electron chi connectivity index (χ3n) is 3.39. The quantitative estimate of drug-likeness (QED) is 0.656. The number of hydrogen-bond donors (Lipinski definition) is 0. The first-order valence-corrected chi connectivity index (χ1v) is 9.24. The highest BCUT2D eigenvalue weighted by Crippen LogP contribution is 2.32. The van der Waals surface area contributed by atoms with Gasteiger partial charge in [0.15, 0.2) is 5.13 Å². The van der Waals surface area contributed by atoms with E-state index in [2.05, 4.69) is 4.98 Å². The molecule has 0 unspecified atom stereocenters. The van der Waals surface area contributed by atoms with Crippen LogP contribution >= 0.6 is 34.3 Å². The summed E-state index contributed by atoms with van der Waals surface area (Å²) in [6.45, 7) is 1.13. The Bertz CT molecular complexity index is 877. The lowest BCUT2D eigenvalue weighted by atomic mass is 10.3. The fourth-order valence-corrected chi connectivity index (χ4v) is 4.16. The molecule has 0 radical (unpaired) electrons. The summed E-state index contributed by atoms with van der Waals surface area (Å²) in [5.74, 6) is -0.553. The first-order chi connectivity index (χ1) is 11.5. The summed E-state index contributed by atoms with van der Waals surface area (Å²) in [7, 11) is 3.87. The summed E-state index contributed by atoms with van der Waals surface area (Å²) in [5, 5.41) is 0.492. The van der Waals surface area contributed by atoms with Gasteiger partial charge in [-0.1, -0.05) is 29.0 Å². The smallest absolute Gasteiger partial charge is 0.270 e. The Balaban J connectivity index is 1.99. The number of para-hydroxylation sites is 1. The number of thiophene rings is 1. The van der Waals surface area contributed by atoms with E-state index >= 15 is 0 Å². The predicted molar refractivity (Wildman–Crippen MR) is 99.1 cm³/mol. The number of rotatable bonds is 5. The van der Waals surface area contributed by atoms with E-state index in [4.69, 9.17) is 11.6 Å². The molecule has 0 saturated carbocycles. The fraction of sp³-hybridized carbons (Fsp3) is 0.250. The highest BCUT2D eigenvalue weighted by Gasteiger charge is 2.23. The third kappa shape index (κ3) is 3.59. The van der Waals surface area contributed by atoms with Crippen molar-refractivity contribution in [2.75, 3.05) is 32.1 Å². The number of hydrogen-bond acceptors (Lipinski definition) is 5. The maximum atomic E-state index is 13.9. The lowest BCUT2D eigenvalue weighted by molar-refractivity contribution is 0.0989. The first kappa shape index (κ1) is 17.3. The standard InChI is InChI=1S/C16H15ClFN3OS2/c1-20(2)8-9-21(15(22)12-6-7-13(17)23-12)16-19-14-10(18)4-3-5-11(14)24-16/h3-7H,8-9H2,1-2H3. The minimum absolute atomic E-state index is 0.173. The Morgan fingerprint density at radius 1 is 1.21 bits per heavy atom. The second-order valence-electron chi connectivity index (χ2n) is 5.45. The van der Waals surface area contributed by atoms with Gasteiger partial charge < -0.3 is 4.90 Å². The lowest BCUT2D eigenvalue weighted by Crippen LogP contribution is -2.36. The highest BCUT2D eigenvalue weighted by molar-refractivity contribution is 7.22. The molecular weight excluding hydrogens is 369 g/mol. The topological polar surface area (TPSA) is 36.4 Å². The third-order valence-corrected chi connectivity index (χ3v) is 5.65. The summed E-state index contributed by atoms with van der Waals surface area (Å²) in [5.41, 5.74) is 0.296. The van der Waals surface area contributed by atoms with E-state index in [0.29, 0.717) is 33.0 Å². The average Bonchev–Trinajstić information content (AvgIpc) is 3.14. The number of anilines is 1. The zero-order chi connectivity index (χ0) is 17.3. The number of aromatic nitrogens is 1. The molecule has 126 valence electrons. The van der Waals surface area contributed by atoms with Crippen LogP contribution < -0.4 is 4.90 Å². The molecule has 1 amide bonds. The minimum Gasteiger partial charge on any atom is -0.308 e. The number of likely N-dealkylation sites (N-methyl/N-ethyl adjacent to an activating group) is 1.